The lowest BCUT2D eigenvalue weighted by Crippen LogP contribution is -2.36. The summed E-state index contributed by atoms with van der Waals surface area (Å²) < 4.78 is 1.90. The van der Waals surface area contributed by atoms with Crippen LogP contribution in [-0.2, 0) is 6.54 Å². The van der Waals surface area contributed by atoms with Crippen molar-refractivity contribution < 1.29 is 4.79 Å². The summed E-state index contributed by atoms with van der Waals surface area (Å²) in [5, 5.41) is 4.44. The molecule has 2 rings (SSSR count). The van der Waals surface area contributed by atoms with Crippen molar-refractivity contribution in [3.05, 3.63) is 29.1 Å². The van der Waals surface area contributed by atoms with Gasteiger partial charge in [0.05, 0.1) is 17.3 Å². The van der Waals surface area contributed by atoms with Gasteiger partial charge in [-0.3, -0.25) is 9.48 Å². The first-order valence-corrected chi connectivity index (χ1v) is 7.11. The minimum atomic E-state index is 0.123. The lowest BCUT2D eigenvalue weighted by molar-refractivity contribution is 0.0743. The van der Waals surface area contributed by atoms with Gasteiger partial charge >= 0.3 is 0 Å². The zero-order valence-electron chi connectivity index (χ0n) is 12.3. The first kappa shape index (κ1) is 13.8. The highest BCUT2D eigenvalue weighted by atomic mass is 16.2. The topological polar surface area (TPSA) is 38.1 Å². The Balaban J connectivity index is 2.27. The summed E-state index contributed by atoms with van der Waals surface area (Å²) in [6, 6.07) is 0.251. The van der Waals surface area contributed by atoms with Gasteiger partial charge in [-0.05, 0) is 27.2 Å². The van der Waals surface area contributed by atoms with Crippen molar-refractivity contribution in [2.24, 2.45) is 0 Å². The van der Waals surface area contributed by atoms with Crippen molar-refractivity contribution >= 4 is 5.91 Å². The number of hydrogen-bond donors (Lipinski definition) is 0. The van der Waals surface area contributed by atoms with Crippen LogP contribution in [0.2, 0.25) is 0 Å². The van der Waals surface area contributed by atoms with Gasteiger partial charge in [0.25, 0.3) is 5.91 Å². The van der Waals surface area contributed by atoms with E-state index in [0.29, 0.717) is 0 Å². The Morgan fingerprint density at radius 1 is 1.42 bits per heavy atom. The molecule has 19 heavy (non-hydrogen) atoms. The third-order valence-corrected chi connectivity index (χ3v) is 3.80. The van der Waals surface area contributed by atoms with Crippen molar-refractivity contribution in [3.63, 3.8) is 0 Å². The fourth-order valence-electron chi connectivity index (χ4n) is 2.81. The number of carbonyl (C=O) groups excluding carboxylic acids is 1. The van der Waals surface area contributed by atoms with Gasteiger partial charge in [0, 0.05) is 18.8 Å². The second kappa shape index (κ2) is 5.59. The highest BCUT2D eigenvalue weighted by molar-refractivity contribution is 5.97. The molecule has 1 amide bonds. The van der Waals surface area contributed by atoms with Gasteiger partial charge in [0.1, 0.15) is 0 Å². The molecule has 0 N–H and O–H groups in total. The maximum absolute atomic E-state index is 12.7. The van der Waals surface area contributed by atoms with E-state index in [-0.39, 0.29) is 11.9 Å². The molecule has 0 radical (unpaired) electrons. The number of amides is 1. The summed E-state index contributed by atoms with van der Waals surface area (Å²) in [7, 11) is 0. The Morgan fingerprint density at radius 3 is 2.74 bits per heavy atom. The average molecular weight is 261 g/mol. The molecule has 1 aromatic heterocycles. The van der Waals surface area contributed by atoms with Crippen molar-refractivity contribution in [1.29, 1.82) is 0 Å². The zero-order valence-corrected chi connectivity index (χ0v) is 12.3. The molecule has 0 aliphatic carbocycles. The predicted molar refractivity (Wildman–Crippen MR) is 76.2 cm³/mol. The lowest BCUT2D eigenvalue weighted by Gasteiger charge is -2.24. The summed E-state index contributed by atoms with van der Waals surface area (Å²) in [6.45, 7) is 9.63. The molecule has 0 bridgehead atoms. The van der Waals surface area contributed by atoms with Gasteiger partial charge in [-0.2, -0.15) is 5.10 Å². The highest BCUT2D eigenvalue weighted by Gasteiger charge is 2.28. The summed E-state index contributed by atoms with van der Waals surface area (Å²) in [5.74, 6) is 0.123. The number of carbonyl (C=O) groups is 1. The van der Waals surface area contributed by atoms with Crippen LogP contribution in [0.15, 0.2) is 12.2 Å². The molecular formula is C15H23N3O. The Labute approximate surface area is 115 Å². The molecule has 0 fully saturated rings. The van der Waals surface area contributed by atoms with Gasteiger partial charge in [-0.15, -0.1) is 0 Å². The minimum Gasteiger partial charge on any atom is -0.328 e. The van der Waals surface area contributed by atoms with Crippen LogP contribution in [0.5, 0.6) is 0 Å². The summed E-state index contributed by atoms with van der Waals surface area (Å²) in [5.41, 5.74) is 2.60. The summed E-state index contributed by atoms with van der Waals surface area (Å²) in [4.78, 5) is 14.7. The van der Waals surface area contributed by atoms with Gasteiger partial charge in [0.2, 0.25) is 0 Å². The average Bonchev–Trinajstić information content (AvgIpc) is 2.94. The van der Waals surface area contributed by atoms with Gasteiger partial charge in [-0.25, -0.2) is 0 Å². The first-order chi connectivity index (χ1) is 9.10. The molecule has 4 heteroatoms. The predicted octanol–water partition coefficient (Wildman–Crippen LogP) is 2.70. The monoisotopic (exact) mass is 261 g/mol. The third kappa shape index (κ3) is 2.44. The Kier molecular flexibility index (Phi) is 4.08. The fourth-order valence-corrected chi connectivity index (χ4v) is 2.81. The van der Waals surface area contributed by atoms with Crippen LogP contribution >= 0.6 is 0 Å². The Morgan fingerprint density at radius 2 is 2.16 bits per heavy atom. The van der Waals surface area contributed by atoms with E-state index in [1.54, 1.807) is 0 Å². The lowest BCUT2D eigenvalue weighted by atomic mass is 10.1. The maximum Gasteiger partial charge on any atom is 0.258 e. The molecule has 1 aliphatic heterocycles. The molecule has 4 nitrogen and oxygen atoms in total. The highest BCUT2D eigenvalue weighted by Crippen LogP contribution is 2.22. The molecule has 0 spiro atoms. The van der Waals surface area contributed by atoms with Crippen LogP contribution < -0.4 is 0 Å². The van der Waals surface area contributed by atoms with Crippen LogP contribution in [0.3, 0.4) is 0 Å². The van der Waals surface area contributed by atoms with E-state index >= 15 is 0 Å². The maximum atomic E-state index is 12.7. The fraction of sp³-hybridized carbons (Fsp3) is 0.600. The molecular weight excluding hydrogens is 238 g/mol. The first-order valence-electron chi connectivity index (χ1n) is 7.11. The van der Waals surface area contributed by atoms with E-state index in [9.17, 15) is 4.79 Å². The molecule has 0 aromatic carbocycles. The third-order valence-electron chi connectivity index (χ3n) is 3.80. The van der Waals surface area contributed by atoms with Crippen molar-refractivity contribution in [1.82, 2.24) is 14.7 Å². The van der Waals surface area contributed by atoms with E-state index in [0.717, 1.165) is 42.9 Å². The molecule has 1 aliphatic rings. The number of aryl methyl sites for hydroxylation is 2. The van der Waals surface area contributed by atoms with Crippen LogP contribution in [0, 0.1) is 13.8 Å². The summed E-state index contributed by atoms with van der Waals surface area (Å²) >= 11 is 0. The van der Waals surface area contributed by atoms with Crippen LogP contribution in [0.1, 0.15) is 48.4 Å². The zero-order chi connectivity index (χ0) is 14.0. The summed E-state index contributed by atoms with van der Waals surface area (Å²) in [6.07, 6.45) is 6.36. The molecule has 104 valence electrons. The van der Waals surface area contributed by atoms with Gasteiger partial charge in [-0.1, -0.05) is 25.5 Å². The van der Waals surface area contributed by atoms with Gasteiger partial charge in [0.15, 0.2) is 0 Å². The second-order valence-corrected chi connectivity index (χ2v) is 5.10. The van der Waals surface area contributed by atoms with Crippen LogP contribution in [0.25, 0.3) is 0 Å². The molecule has 0 saturated carbocycles. The van der Waals surface area contributed by atoms with E-state index in [1.165, 1.54) is 0 Å². The second-order valence-electron chi connectivity index (χ2n) is 5.10. The smallest absolute Gasteiger partial charge is 0.258 e. The number of hydrogen-bond acceptors (Lipinski definition) is 2. The molecule has 1 atom stereocenters. The number of rotatable bonds is 4. The normalized spacial score (nSPS) is 18.3. The Hall–Kier alpha value is -1.58. The van der Waals surface area contributed by atoms with Crippen LogP contribution in [-0.4, -0.2) is 33.2 Å². The van der Waals surface area contributed by atoms with Crippen molar-refractivity contribution in [2.45, 2.75) is 53.1 Å². The largest absolute Gasteiger partial charge is 0.328 e. The van der Waals surface area contributed by atoms with E-state index in [4.69, 9.17) is 0 Å². The van der Waals surface area contributed by atoms with Crippen molar-refractivity contribution in [2.75, 3.05) is 6.54 Å². The SMILES string of the molecule is CCC[C@H]1C=CCN1C(=O)c1c(C)nn(CC)c1C. The molecule has 1 aromatic rings. The molecule has 0 saturated heterocycles. The van der Waals surface area contributed by atoms with E-state index in [2.05, 4.69) is 24.2 Å². The quantitative estimate of drug-likeness (QED) is 0.782. The molecule has 0 unspecified atom stereocenters. The standard InChI is InChI=1S/C15H23N3O/c1-5-8-13-9-7-10-17(13)15(19)14-11(3)16-18(6-2)12(14)4/h7,9,13H,5-6,8,10H2,1-4H3/t13-/m0/s1. The number of nitrogens with zero attached hydrogens (tertiary/aromatic N) is 3. The Bertz CT molecular complexity index is 502. The van der Waals surface area contributed by atoms with E-state index < -0.39 is 0 Å². The minimum absolute atomic E-state index is 0.123. The van der Waals surface area contributed by atoms with Gasteiger partial charge < -0.3 is 4.90 Å². The van der Waals surface area contributed by atoms with E-state index in [1.807, 2.05) is 30.4 Å². The van der Waals surface area contributed by atoms with Crippen molar-refractivity contribution in [3.8, 4) is 0 Å². The van der Waals surface area contributed by atoms with Crippen LogP contribution in [0.4, 0.5) is 0 Å². The number of aromatic nitrogens is 2. The molecule has 2 heterocycles.